The summed E-state index contributed by atoms with van der Waals surface area (Å²) in [5.41, 5.74) is 0. The van der Waals surface area contributed by atoms with Gasteiger partial charge in [0, 0.05) is 24.5 Å². The highest BCUT2D eigenvalue weighted by molar-refractivity contribution is 5.77. The zero-order valence-corrected chi connectivity index (χ0v) is 11.1. The SMILES string of the molecule is CC(C)N(C(=O)C[C@H]1CCCCN1)C(C)C. The third-order valence-electron chi connectivity index (χ3n) is 3.23. The molecule has 1 aliphatic rings. The first-order valence-electron chi connectivity index (χ1n) is 6.57. The molecule has 3 heteroatoms. The molecule has 0 aromatic carbocycles. The van der Waals surface area contributed by atoms with Gasteiger partial charge < -0.3 is 10.2 Å². The number of carbonyl (C=O) groups excluding carboxylic acids is 1. The molecule has 0 aliphatic carbocycles. The summed E-state index contributed by atoms with van der Waals surface area (Å²) >= 11 is 0. The zero-order chi connectivity index (χ0) is 12.1. The normalized spacial score (nSPS) is 21.5. The third-order valence-corrected chi connectivity index (χ3v) is 3.23. The van der Waals surface area contributed by atoms with Crippen LogP contribution in [0.3, 0.4) is 0 Å². The summed E-state index contributed by atoms with van der Waals surface area (Å²) in [4.78, 5) is 14.2. The van der Waals surface area contributed by atoms with Gasteiger partial charge in [-0.15, -0.1) is 0 Å². The van der Waals surface area contributed by atoms with Crippen LogP contribution < -0.4 is 5.32 Å². The second kappa shape index (κ2) is 6.24. The Balaban J connectivity index is 2.47. The molecule has 0 radical (unpaired) electrons. The van der Waals surface area contributed by atoms with Crippen LogP contribution in [0.15, 0.2) is 0 Å². The lowest BCUT2D eigenvalue weighted by Gasteiger charge is -2.33. The van der Waals surface area contributed by atoms with Crippen LogP contribution in [-0.4, -0.2) is 35.5 Å². The number of piperidine rings is 1. The lowest BCUT2D eigenvalue weighted by atomic mass is 10.0. The van der Waals surface area contributed by atoms with Crippen LogP contribution in [-0.2, 0) is 4.79 Å². The van der Waals surface area contributed by atoms with Crippen LogP contribution in [0.1, 0.15) is 53.4 Å². The molecule has 94 valence electrons. The van der Waals surface area contributed by atoms with E-state index in [0.717, 1.165) is 13.0 Å². The molecular weight excluding hydrogens is 200 g/mol. The van der Waals surface area contributed by atoms with Gasteiger partial charge in [-0.3, -0.25) is 4.79 Å². The van der Waals surface area contributed by atoms with E-state index >= 15 is 0 Å². The molecule has 0 saturated carbocycles. The van der Waals surface area contributed by atoms with Crippen LogP contribution >= 0.6 is 0 Å². The smallest absolute Gasteiger partial charge is 0.224 e. The summed E-state index contributed by atoms with van der Waals surface area (Å²) in [6, 6.07) is 1.01. The maximum Gasteiger partial charge on any atom is 0.224 e. The van der Waals surface area contributed by atoms with Crippen LogP contribution in [0.5, 0.6) is 0 Å². The Labute approximate surface area is 99.6 Å². The Hall–Kier alpha value is -0.570. The number of carbonyl (C=O) groups is 1. The van der Waals surface area contributed by atoms with Crippen LogP contribution in [0.4, 0.5) is 0 Å². The standard InChI is InChI=1S/C13H26N2O/c1-10(2)15(11(3)4)13(16)9-12-7-5-6-8-14-12/h10-12,14H,5-9H2,1-4H3/t12-/m1/s1. The maximum atomic E-state index is 12.2. The number of amides is 1. The third kappa shape index (κ3) is 3.78. The molecule has 3 nitrogen and oxygen atoms in total. The molecule has 16 heavy (non-hydrogen) atoms. The average Bonchev–Trinajstić information content (AvgIpc) is 2.17. The van der Waals surface area contributed by atoms with Crippen molar-refractivity contribution in [3.8, 4) is 0 Å². The fourth-order valence-corrected chi connectivity index (χ4v) is 2.59. The highest BCUT2D eigenvalue weighted by Gasteiger charge is 2.23. The van der Waals surface area contributed by atoms with E-state index in [0.29, 0.717) is 30.5 Å². The maximum absolute atomic E-state index is 12.2. The van der Waals surface area contributed by atoms with Gasteiger partial charge in [-0.1, -0.05) is 6.42 Å². The first kappa shape index (κ1) is 13.5. The number of nitrogens with one attached hydrogen (secondary N) is 1. The first-order valence-corrected chi connectivity index (χ1v) is 6.57. The number of rotatable bonds is 4. The number of nitrogens with zero attached hydrogens (tertiary/aromatic N) is 1. The predicted octanol–water partition coefficient (Wildman–Crippen LogP) is 2.16. The Morgan fingerprint density at radius 2 is 1.88 bits per heavy atom. The van der Waals surface area contributed by atoms with Crippen molar-refractivity contribution in [1.82, 2.24) is 10.2 Å². The van der Waals surface area contributed by atoms with Gasteiger partial charge in [-0.2, -0.15) is 0 Å². The highest BCUT2D eigenvalue weighted by Crippen LogP contribution is 2.14. The van der Waals surface area contributed by atoms with Crippen molar-refractivity contribution in [3.05, 3.63) is 0 Å². The van der Waals surface area contributed by atoms with E-state index in [4.69, 9.17) is 0 Å². The summed E-state index contributed by atoms with van der Waals surface area (Å²) in [7, 11) is 0. The molecule has 1 fully saturated rings. The van der Waals surface area contributed by atoms with E-state index < -0.39 is 0 Å². The van der Waals surface area contributed by atoms with Gasteiger partial charge in [-0.25, -0.2) is 0 Å². The van der Waals surface area contributed by atoms with Gasteiger partial charge in [0.05, 0.1) is 0 Å². The first-order chi connectivity index (χ1) is 7.52. The van der Waals surface area contributed by atoms with Gasteiger partial charge in [0.1, 0.15) is 0 Å². The highest BCUT2D eigenvalue weighted by atomic mass is 16.2. The average molecular weight is 226 g/mol. The Kier molecular flexibility index (Phi) is 5.26. The van der Waals surface area contributed by atoms with E-state index in [1.165, 1.54) is 12.8 Å². The van der Waals surface area contributed by atoms with Crippen molar-refractivity contribution >= 4 is 5.91 Å². The van der Waals surface area contributed by atoms with Gasteiger partial charge in [0.15, 0.2) is 0 Å². The monoisotopic (exact) mass is 226 g/mol. The quantitative estimate of drug-likeness (QED) is 0.796. The van der Waals surface area contributed by atoms with E-state index in [1.54, 1.807) is 0 Å². The summed E-state index contributed by atoms with van der Waals surface area (Å²) in [6.45, 7) is 9.43. The topological polar surface area (TPSA) is 32.3 Å². The van der Waals surface area contributed by atoms with Crippen LogP contribution in [0.2, 0.25) is 0 Å². The van der Waals surface area contributed by atoms with Gasteiger partial charge in [0.2, 0.25) is 5.91 Å². The Morgan fingerprint density at radius 1 is 1.25 bits per heavy atom. The summed E-state index contributed by atoms with van der Waals surface area (Å²) in [6.07, 6.45) is 4.32. The minimum absolute atomic E-state index is 0.296. The molecule has 0 spiro atoms. The number of hydrogen-bond donors (Lipinski definition) is 1. The van der Waals surface area contributed by atoms with E-state index in [1.807, 2.05) is 4.90 Å². The lowest BCUT2D eigenvalue weighted by molar-refractivity contribution is -0.135. The second-order valence-corrected chi connectivity index (χ2v) is 5.34. The molecule has 0 aromatic heterocycles. The Bertz CT molecular complexity index is 212. The fourth-order valence-electron chi connectivity index (χ4n) is 2.59. The fraction of sp³-hybridized carbons (Fsp3) is 0.923. The molecule has 1 saturated heterocycles. The van der Waals surface area contributed by atoms with E-state index in [2.05, 4.69) is 33.0 Å². The molecule has 1 atom stereocenters. The van der Waals surface area contributed by atoms with Gasteiger partial charge in [0.25, 0.3) is 0 Å². The zero-order valence-electron chi connectivity index (χ0n) is 11.1. The van der Waals surface area contributed by atoms with Gasteiger partial charge >= 0.3 is 0 Å². The molecule has 1 aliphatic heterocycles. The predicted molar refractivity (Wildman–Crippen MR) is 67.4 cm³/mol. The lowest BCUT2D eigenvalue weighted by Crippen LogP contribution is -2.46. The molecule has 0 bridgehead atoms. The minimum Gasteiger partial charge on any atom is -0.338 e. The summed E-state index contributed by atoms with van der Waals surface area (Å²) in [5.74, 6) is 0.296. The van der Waals surface area contributed by atoms with Crippen LogP contribution in [0.25, 0.3) is 0 Å². The van der Waals surface area contributed by atoms with Crippen molar-refractivity contribution in [2.75, 3.05) is 6.54 Å². The molecule has 1 heterocycles. The summed E-state index contributed by atoms with van der Waals surface area (Å²) in [5, 5.41) is 3.44. The molecule has 0 aromatic rings. The van der Waals surface area contributed by atoms with Gasteiger partial charge in [-0.05, 0) is 47.1 Å². The second-order valence-electron chi connectivity index (χ2n) is 5.34. The van der Waals surface area contributed by atoms with Crippen LogP contribution in [0, 0.1) is 0 Å². The molecule has 0 unspecified atom stereocenters. The largest absolute Gasteiger partial charge is 0.338 e. The van der Waals surface area contributed by atoms with Crippen molar-refractivity contribution in [2.24, 2.45) is 0 Å². The van der Waals surface area contributed by atoms with Crippen molar-refractivity contribution < 1.29 is 4.79 Å². The molecule has 1 N–H and O–H groups in total. The van der Waals surface area contributed by atoms with E-state index in [-0.39, 0.29) is 0 Å². The molecular formula is C13H26N2O. The summed E-state index contributed by atoms with van der Waals surface area (Å²) < 4.78 is 0. The number of hydrogen-bond acceptors (Lipinski definition) is 2. The molecule has 1 amide bonds. The molecule has 1 rings (SSSR count). The van der Waals surface area contributed by atoms with E-state index in [9.17, 15) is 4.79 Å². The van der Waals surface area contributed by atoms with Crippen molar-refractivity contribution in [1.29, 1.82) is 0 Å². The minimum atomic E-state index is 0.296. The van der Waals surface area contributed by atoms with Crippen molar-refractivity contribution in [2.45, 2.75) is 71.5 Å². The van der Waals surface area contributed by atoms with Crippen molar-refractivity contribution in [3.63, 3.8) is 0 Å². The Morgan fingerprint density at radius 3 is 2.31 bits per heavy atom.